The molecule has 0 atom stereocenters. The first-order valence-corrected chi connectivity index (χ1v) is 7.37. The Balaban J connectivity index is 2.73. The van der Waals surface area contributed by atoms with E-state index in [4.69, 9.17) is 9.88 Å². The van der Waals surface area contributed by atoms with Crippen LogP contribution in [0.15, 0.2) is 18.2 Å². The molecule has 0 amide bonds. The van der Waals surface area contributed by atoms with Gasteiger partial charge in [-0.3, -0.25) is 0 Å². The van der Waals surface area contributed by atoms with Crippen molar-refractivity contribution in [3.8, 4) is 11.5 Å². The number of rotatable bonds is 8. The normalized spacial score (nSPS) is 11.7. The molecular formula is C11H16F2N2O4S. The fraction of sp³-hybridized carbons (Fsp3) is 0.455. The van der Waals surface area contributed by atoms with Gasteiger partial charge in [-0.05, 0) is 6.07 Å². The van der Waals surface area contributed by atoms with Crippen LogP contribution in [0.4, 0.5) is 8.78 Å². The summed E-state index contributed by atoms with van der Waals surface area (Å²) in [6, 6.07) is 4.68. The maximum absolute atomic E-state index is 12.4. The Hall–Kier alpha value is -1.45. The molecule has 1 aromatic rings. The monoisotopic (exact) mass is 310 g/mol. The molecule has 0 aromatic heterocycles. The van der Waals surface area contributed by atoms with Crippen molar-refractivity contribution >= 4 is 10.0 Å². The van der Waals surface area contributed by atoms with Gasteiger partial charge in [-0.2, -0.15) is 8.78 Å². The third-order valence-corrected chi connectivity index (χ3v) is 3.14. The zero-order valence-electron chi connectivity index (χ0n) is 10.8. The second-order valence-electron chi connectivity index (χ2n) is 3.87. The van der Waals surface area contributed by atoms with Gasteiger partial charge in [0.2, 0.25) is 10.0 Å². The van der Waals surface area contributed by atoms with Crippen LogP contribution in [-0.2, 0) is 16.6 Å². The first kappa shape index (κ1) is 16.6. The number of ether oxygens (including phenoxy) is 2. The Morgan fingerprint density at radius 3 is 2.65 bits per heavy atom. The number of benzene rings is 1. The number of alkyl halides is 2. The van der Waals surface area contributed by atoms with Crippen molar-refractivity contribution in [2.24, 2.45) is 5.14 Å². The fourth-order valence-electron chi connectivity index (χ4n) is 1.52. The van der Waals surface area contributed by atoms with Crippen molar-refractivity contribution in [2.75, 3.05) is 19.4 Å². The van der Waals surface area contributed by atoms with Crippen molar-refractivity contribution in [1.82, 2.24) is 5.32 Å². The molecule has 114 valence electrons. The lowest BCUT2D eigenvalue weighted by molar-refractivity contribution is -0.0518. The molecule has 0 aliphatic heterocycles. The number of hydrogen-bond donors (Lipinski definition) is 2. The minimum Gasteiger partial charge on any atom is -0.493 e. The van der Waals surface area contributed by atoms with E-state index >= 15 is 0 Å². The molecule has 0 bridgehead atoms. The Bertz CT molecular complexity index is 537. The van der Waals surface area contributed by atoms with Gasteiger partial charge in [0.15, 0.2) is 11.5 Å². The van der Waals surface area contributed by atoms with Crippen LogP contribution in [0.5, 0.6) is 11.5 Å². The predicted molar refractivity (Wildman–Crippen MR) is 69.3 cm³/mol. The van der Waals surface area contributed by atoms with Crippen molar-refractivity contribution in [2.45, 2.75) is 13.2 Å². The SMILES string of the molecule is COc1cccc(CNCCS(N)(=O)=O)c1OC(F)F. The van der Waals surface area contributed by atoms with Crippen molar-refractivity contribution in [3.63, 3.8) is 0 Å². The molecule has 3 N–H and O–H groups in total. The molecule has 0 saturated carbocycles. The number of hydrogen-bond acceptors (Lipinski definition) is 5. The zero-order valence-corrected chi connectivity index (χ0v) is 11.6. The molecule has 0 aliphatic carbocycles. The minimum atomic E-state index is -3.56. The predicted octanol–water partition coefficient (Wildman–Crippen LogP) is 0.675. The summed E-state index contributed by atoms with van der Waals surface area (Å²) in [5, 5.41) is 7.63. The van der Waals surface area contributed by atoms with Gasteiger partial charge in [-0.15, -0.1) is 0 Å². The molecule has 9 heteroatoms. The lowest BCUT2D eigenvalue weighted by Crippen LogP contribution is -2.27. The quantitative estimate of drug-likeness (QED) is 0.689. The topological polar surface area (TPSA) is 90.6 Å². The molecule has 0 saturated heterocycles. The van der Waals surface area contributed by atoms with E-state index in [1.165, 1.54) is 13.2 Å². The van der Waals surface area contributed by atoms with Gasteiger partial charge in [-0.25, -0.2) is 13.6 Å². The fourth-order valence-corrected chi connectivity index (χ4v) is 1.95. The van der Waals surface area contributed by atoms with E-state index in [0.717, 1.165) is 0 Å². The summed E-state index contributed by atoms with van der Waals surface area (Å²) in [5.41, 5.74) is 0.430. The summed E-state index contributed by atoms with van der Waals surface area (Å²) in [6.45, 7) is -2.73. The number of nitrogens with one attached hydrogen (secondary N) is 1. The zero-order chi connectivity index (χ0) is 15.2. The van der Waals surface area contributed by atoms with Gasteiger partial charge >= 0.3 is 6.61 Å². The third kappa shape index (κ3) is 5.68. The van der Waals surface area contributed by atoms with E-state index in [2.05, 4.69) is 10.1 Å². The van der Waals surface area contributed by atoms with Crippen LogP contribution in [0.25, 0.3) is 0 Å². The molecule has 0 unspecified atom stereocenters. The first-order valence-electron chi connectivity index (χ1n) is 5.65. The first-order chi connectivity index (χ1) is 9.33. The smallest absolute Gasteiger partial charge is 0.387 e. The molecule has 0 heterocycles. The van der Waals surface area contributed by atoms with E-state index in [-0.39, 0.29) is 30.3 Å². The van der Waals surface area contributed by atoms with E-state index in [0.29, 0.717) is 5.56 Å². The summed E-state index contributed by atoms with van der Waals surface area (Å²) < 4.78 is 55.6. The summed E-state index contributed by atoms with van der Waals surface area (Å²) in [6.07, 6.45) is 0. The van der Waals surface area contributed by atoms with Gasteiger partial charge in [0, 0.05) is 18.7 Å². The van der Waals surface area contributed by atoms with Crippen LogP contribution in [0, 0.1) is 0 Å². The molecule has 20 heavy (non-hydrogen) atoms. The van der Waals surface area contributed by atoms with Gasteiger partial charge in [-0.1, -0.05) is 12.1 Å². The third-order valence-electron chi connectivity index (χ3n) is 2.37. The van der Waals surface area contributed by atoms with Gasteiger partial charge in [0.05, 0.1) is 12.9 Å². The van der Waals surface area contributed by atoms with E-state index < -0.39 is 16.6 Å². The van der Waals surface area contributed by atoms with Crippen LogP contribution in [0.2, 0.25) is 0 Å². The number of primary sulfonamides is 1. The lowest BCUT2D eigenvalue weighted by atomic mass is 10.2. The van der Waals surface area contributed by atoms with Gasteiger partial charge in [0.25, 0.3) is 0 Å². The average molecular weight is 310 g/mol. The van der Waals surface area contributed by atoms with Crippen LogP contribution in [0.1, 0.15) is 5.56 Å². The highest BCUT2D eigenvalue weighted by Gasteiger charge is 2.15. The molecule has 1 aromatic carbocycles. The summed E-state index contributed by atoms with van der Waals surface area (Å²) in [4.78, 5) is 0. The van der Waals surface area contributed by atoms with Gasteiger partial charge < -0.3 is 14.8 Å². The molecule has 1 rings (SSSR count). The Kier molecular flexibility index (Phi) is 6.11. The molecule has 0 fully saturated rings. The molecule has 6 nitrogen and oxygen atoms in total. The Morgan fingerprint density at radius 1 is 1.40 bits per heavy atom. The number of methoxy groups -OCH3 is 1. The van der Waals surface area contributed by atoms with Crippen LogP contribution in [0.3, 0.4) is 0 Å². The van der Waals surface area contributed by atoms with E-state index in [1.54, 1.807) is 12.1 Å². The van der Waals surface area contributed by atoms with Crippen LogP contribution >= 0.6 is 0 Å². The van der Waals surface area contributed by atoms with Crippen molar-refractivity contribution < 1.29 is 26.7 Å². The summed E-state index contributed by atoms with van der Waals surface area (Å²) in [7, 11) is -2.22. The Labute approximate surface area is 115 Å². The van der Waals surface area contributed by atoms with E-state index in [9.17, 15) is 17.2 Å². The number of halogens is 2. The van der Waals surface area contributed by atoms with Crippen LogP contribution in [-0.4, -0.2) is 34.4 Å². The summed E-state index contributed by atoms with van der Waals surface area (Å²) >= 11 is 0. The largest absolute Gasteiger partial charge is 0.493 e. The highest BCUT2D eigenvalue weighted by Crippen LogP contribution is 2.32. The second-order valence-corrected chi connectivity index (χ2v) is 5.60. The van der Waals surface area contributed by atoms with E-state index in [1.807, 2.05) is 0 Å². The number of nitrogens with two attached hydrogens (primary N) is 1. The standard InChI is InChI=1S/C11H16F2N2O4S/c1-18-9-4-2-3-8(10(9)19-11(12)13)7-15-5-6-20(14,16)17/h2-4,11,15H,5-7H2,1H3,(H2,14,16,17). The highest BCUT2D eigenvalue weighted by atomic mass is 32.2. The maximum Gasteiger partial charge on any atom is 0.387 e. The number of sulfonamides is 1. The van der Waals surface area contributed by atoms with Crippen LogP contribution < -0.4 is 19.9 Å². The van der Waals surface area contributed by atoms with Gasteiger partial charge in [0.1, 0.15) is 0 Å². The average Bonchev–Trinajstić information content (AvgIpc) is 2.34. The summed E-state index contributed by atoms with van der Waals surface area (Å²) in [5.74, 6) is -0.147. The lowest BCUT2D eigenvalue weighted by Gasteiger charge is -2.14. The highest BCUT2D eigenvalue weighted by molar-refractivity contribution is 7.89. The molecule has 0 spiro atoms. The Morgan fingerprint density at radius 2 is 2.10 bits per heavy atom. The molecule has 0 aliphatic rings. The maximum atomic E-state index is 12.4. The number of para-hydroxylation sites is 1. The van der Waals surface area contributed by atoms with Crippen molar-refractivity contribution in [1.29, 1.82) is 0 Å². The minimum absolute atomic E-state index is 0.0758. The van der Waals surface area contributed by atoms with Crippen molar-refractivity contribution in [3.05, 3.63) is 23.8 Å². The molecular weight excluding hydrogens is 294 g/mol. The second kappa shape index (κ2) is 7.36. The molecule has 0 radical (unpaired) electrons.